The predicted molar refractivity (Wildman–Crippen MR) is 83.2 cm³/mol. The lowest BCUT2D eigenvalue weighted by atomic mass is 9.98. The smallest absolute Gasteiger partial charge is 0.410 e. The zero-order valence-corrected chi connectivity index (χ0v) is 13.1. The number of benzene rings is 1. The van der Waals surface area contributed by atoms with E-state index in [1.165, 1.54) is 5.57 Å². The van der Waals surface area contributed by atoms with Crippen molar-refractivity contribution in [2.45, 2.75) is 39.7 Å². The first-order chi connectivity index (χ1) is 9.76. The van der Waals surface area contributed by atoms with E-state index in [1.807, 2.05) is 39.8 Å². The maximum Gasteiger partial charge on any atom is 0.410 e. The van der Waals surface area contributed by atoms with Crippen LogP contribution >= 0.6 is 0 Å². The summed E-state index contributed by atoms with van der Waals surface area (Å²) in [7, 11) is 0. The van der Waals surface area contributed by atoms with Gasteiger partial charge < -0.3 is 14.7 Å². The first kappa shape index (κ1) is 15.4. The van der Waals surface area contributed by atoms with Crippen molar-refractivity contribution in [1.29, 1.82) is 0 Å². The molecule has 4 heteroatoms. The van der Waals surface area contributed by atoms with E-state index in [-0.39, 0.29) is 6.09 Å². The molecule has 0 aromatic heterocycles. The number of ether oxygens (including phenoxy) is 1. The van der Waals surface area contributed by atoms with Gasteiger partial charge in [-0.2, -0.15) is 0 Å². The van der Waals surface area contributed by atoms with Gasteiger partial charge in [0.15, 0.2) is 0 Å². The Hall–Kier alpha value is -1.97. The number of hydrogen-bond donors (Lipinski definition) is 1. The number of amides is 1. The van der Waals surface area contributed by atoms with Crippen LogP contribution in [0.1, 0.15) is 38.3 Å². The molecule has 1 aliphatic heterocycles. The van der Waals surface area contributed by atoms with E-state index in [2.05, 4.69) is 6.08 Å². The summed E-state index contributed by atoms with van der Waals surface area (Å²) in [6.45, 7) is 8.71. The summed E-state index contributed by atoms with van der Waals surface area (Å²) in [5, 5.41) is 9.58. The quantitative estimate of drug-likeness (QED) is 0.857. The van der Waals surface area contributed by atoms with Crippen LogP contribution in [0.15, 0.2) is 24.3 Å². The number of hydrogen-bond acceptors (Lipinski definition) is 3. The molecule has 0 fully saturated rings. The molecule has 4 nitrogen and oxygen atoms in total. The Morgan fingerprint density at radius 2 is 2.05 bits per heavy atom. The van der Waals surface area contributed by atoms with E-state index >= 15 is 0 Å². The van der Waals surface area contributed by atoms with E-state index in [0.29, 0.717) is 18.8 Å². The third-order valence-corrected chi connectivity index (χ3v) is 3.43. The average molecular weight is 289 g/mol. The highest BCUT2D eigenvalue weighted by Gasteiger charge is 2.23. The van der Waals surface area contributed by atoms with Crippen molar-refractivity contribution in [3.05, 3.63) is 35.4 Å². The van der Waals surface area contributed by atoms with Crippen LogP contribution in [0.2, 0.25) is 0 Å². The fourth-order valence-electron chi connectivity index (χ4n) is 2.28. The van der Waals surface area contributed by atoms with Gasteiger partial charge in [0.05, 0.1) is 0 Å². The topological polar surface area (TPSA) is 49.8 Å². The minimum Gasteiger partial charge on any atom is -0.508 e. The standard InChI is InChI=1S/C17H23NO3/c1-12-11-14(5-6-15(12)19)13-7-9-18(10-8-13)16(20)21-17(2,3)4/h5-7,11,19H,8-10H2,1-4H3. The molecule has 1 aromatic carbocycles. The van der Waals surface area contributed by atoms with Gasteiger partial charge in [0.25, 0.3) is 0 Å². The fraction of sp³-hybridized carbons (Fsp3) is 0.471. The Bertz CT molecular complexity index is 570. The number of rotatable bonds is 1. The van der Waals surface area contributed by atoms with Crippen molar-refractivity contribution in [2.75, 3.05) is 13.1 Å². The van der Waals surface area contributed by atoms with Crippen molar-refractivity contribution in [2.24, 2.45) is 0 Å². The summed E-state index contributed by atoms with van der Waals surface area (Å²) in [4.78, 5) is 13.7. The van der Waals surface area contributed by atoms with Crippen molar-refractivity contribution in [1.82, 2.24) is 4.90 Å². The molecular weight excluding hydrogens is 266 g/mol. The van der Waals surface area contributed by atoms with Crippen LogP contribution in [-0.2, 0) is 4.74 Å². The molecule has 0 spiro atoms. The van der Waals surface area contributed by atoms with Crippen molar-refractivity contribution in [3.63, 3.8) is 0 Å². The van der Waals surface area contributed by atoms with Gasteiger partial charge in [0.2, 0.25) is 0 Å². The fourth-order valence-corrected chi connectivity index (χ4v) is 2.28. The van der Waals surface area contributed by atoms with Crippen molar-refractivity contribution >= 4 is 11.7 Å². The van der Waals surface area contributed by atoms with E-state index < -0.39 is 5.60 Å². The maximum atomic E-state index is 12.0. The maximum absolute atomic E-state index is 12.0. The highest BCUT2D eigenvalue weighted by Crippen LogP contribution is 2.27. The molecule has 21 heavy (non-hydrogen) atoms. The summed E-state index contributed by atoms with van der Waals surface area (Å²) >= 11 is 0. The zero-order chi connectivity index (χ0) is 15.6. The summed E-state index contributed by atoms with van der Waals surface area (Å²) in [5.74, 6) is 0.311. The number of nitrogens with zero attached hydrogens (tertiary/aromatic N) is 1. The van der Waals surface area contributed by atoms with Crippen LogP contribution in [0.25, 0.3) is 5.57 Å². The second-order valence-electron chi connectivity index (χ2n) is 6.41. The molecule has 0 unspecified atom stereocenters. The third kappa shape index (κ3) is 4.00. The highest BCUT2D eigenvalue weighted by atomic mass is 16.6. The minimum absolute atomic E-state index is 0.264. The lowest BCUT2D eigenvalue weighted by Gasteiger charge is -2.29. The molecule has 1 heterocycles. The highest BCUT2D eigenvalue weighted by molar-refractivity contribution is 5.73. The van der Waals surface area contributed by atoms with Crippen LogP contribution in [0.4, 0.5) is 4.79 Å². The normalized spacial score (nSPS) is 15.6. The zero-order valence-electron chi connectivity index (χ0n) is 13.1. The van der Waals surface area contributed by atoms with Gasteiger partial charge in [-0.05, 0) is 62.9 Å². The van der Waals surface area contributed by atoms with E-state index in [9.17, 15) is 9.90 Å². The van der Waals surface area contributed by atoms with Gasteiger partial charge in [0.1, 0.15) is 11.4 Å². The Kier molecular flexibility index (Phi) is 4.26. The SMILES string of the molecule is Cc1cc(C2=CCN(C(=O)OC(C)(C)C)CC2)ccc1O. The Morgan fingerprint density at radius 3 is 2.57 bits per heavy atom. The minimum atomic E-state index is -0.463. The van der Waals surface area contributed by atoms with E-state index in [0.717, 1.165) is 17.5 Å². The van der Waals surface area contributed by atoms with Crippen LogP contribution in [0, 0.1) is 6.92 Å². The van der Waals surface area contributed by atoms with Crippen LogP contribution < -0.4 is 0 Å². The Balaban J connectivity index is 2.05. The third-order valence-electron chi connectivity index (χ3n) is 3.43. The van der Waals surface area contributed by atoms with Gasteiger partial charge in [-0.3, -0.25) is 0 Å². The molecule has 114 valence electrons. The second-order valence-corrected chi connectivity index (χ2v) is 6.41. The molecule has 0 saturated heterocycles. The van der Waals surface area contributed by atoms with Gasteiger partial charge in [-0.15, -0.1) is 0 Å². The predicted octanol–water partition coefficient (Wildman–Crippen LogP) is 3.72. The number of aromatic hydroxyl groups is 1. The number of phenolic OH excluding ortho intramolecular Hbond substituents is 1. The number of aryl methyl sites for hydroxylation is 1. The first-order valence-corrected chi connectivity index (χ1v) is 7.23. The molecule has 1 amide bonds. The molecular formula is C17H23NO3. The molecule has 0 bridgehead atoms. The molecule has 0 saturated carbocycles. The van der Waals surface area contributed by atoms with Gasteiger partial charge in [-0.1, -0.05) is 12.1 Å². The second kappa shape index (κ2) is 5.80. The van der Waals surface area contributed by atoms with Crippen LogP contribution in [0.5, 0.6) is 5.75 Å². The molecule has 1 N–H and O–H groups in total. The van der Waals surface area contributed by atoms with E-state index in [4.69, 9.17) is 4.74 Å². The molecule has 0 atom stereocenters. The largest absolute Gasteiger partial charge is 0.508 e. The molecule has 2 rings (SSSR count). The molecule has 1 aromatic rings. The van der Waals surface area contributed by atoms with E-state index in [1.54, 1.807) is 11.0 Å². The molecule has 1 aliphatic rings. The summed E-state index contributed by atoms with van der Waals surface area (Å²) in [5.41, 5.74) is 2.71. The van der Waals surface area contributed by atoms with Crippen molar-refractivity contribution in [3.8, 4) is 5.75 Å². The van der Waals surface area contributed by atoms with Gasteiger partial charge in [0, 0.05) is 13.1 Å². The number of carbonyl (C=O) groups is 1. The lowest BCUT2D eigenvalue weighted by molar-refractivity contribution is 0.0270. The summed E-state index contributed by atoms with van der Waals surface area (Å²) < 4.78 is 5.38. The average Bonchev–Trinajstić information content (AvgIpc) is 2.40. The monoisotopic (exact) mass is 289 g/mol. The Morgan fingerprint density at radius 1 is 1.33 bits per heavy atom. The molecule has 0 radical (unpaired) electrons. The van der Waals surface area contributed by atoms with Crippen molar-refractivity contribution < 1.29 is 14.6 Å². The summed E-state index contributed by atoms with van der Waals surface area (Å²) in [6.07, 6.45) is 2.59. The van der Waals surface area contributed by atoms with Crippen LogP contribution in [0.3, 0.4) is 0 Å². The van der Waals surface area contributed by atoms with Crippen LogP contribution in [-0.4, -0.2) is 34.8 Å². The summed E-state index contributed by atoms with van der Waals surface area (Å²) in [6, 6.07) is 5.60. The Labute approximate surface area is 126 Å². The first-order valence-electron chi connectivity index (χ1n) is 7.23. The number of carbonyl (C=O) groups excluding carboxylic acids is 1. The van der Waals surface area contributed by atoms with Gasteiger partial charge >= 0.3 is 6.09 Å². The molecule has 0 aliphatic carbocycles. The number of phenols is 1. The lowest BCUT2D eigenvalue weighted by Crippen LogP contribution is -2.39. The van der Waals surface area contributed by atoms with Gasteiger partial charge in [-0.25, -0.2) is 4.79 Å².